The standard InChI is InChI=1S/C4H2BrClN3/c5-2-1-8-4(7)9-3(2)6/h(H2,7,8,9). The normalized spacial score (nSPS) is 9.56. The predicted molar refractivity (Wildman–Crippen MR) is 38.0 cm³/mol. The second kappa shape index (κ2) is 2.49. The lowest BCUT2D eigenvalue weighted by molar-refractivity contribution is 1.16. The van der Waals surface area contributed by atoms with Gasteiger partial charge < -0.3 is 5.73 Å². The molecule has 0 atom stereocenters. The number of nitrogens with zero attached hydrogens (tertiary/aromatic N) is 2. The molecule has 0 aromatic carbocycles. The zero-order valence-electron chi connectivity index (χ0n) is 4.23. The molecule has 0 unspecified atom stereocenters. The van der Waals surface area contributed by atoms with Gasteiger partial charge in [-0.1, -0.05) is 11.6 Å². The number of hydrogen-bond donors (Lipinski definition) is 1. The molecule has 47 valence electrons. The number of halogens is 2. The summed E-state index contributed by atoms with van der Waals surface area (Å²) in [5.74, 6) is 0.128. The highest BCUT2D eigenvalue weighted by Gasteiger charge is 1.97. The molecule has 0 aliphatic heterocycles. The lowest BCUT2D eigenvalue weighted by atomic mass is 10.7. The van der Waals surface area contributed by atoms with Gasteiger partial charge in [-0.05, 0) is 15.9 Å². The van der Waals surface area contributed by atoms with E-state index < -0.39 is 0 Å². The van der Waals surface area contributed by atoms with Crippen LogP contribution >= 0.6 is 27.5 Å². The second-order valence-corrected chi connectivity index (χ2v) is 2.45. The van der Waals surface area contributed by atoms with Crippen LogP contribution in [0.3, 0.4) is 0 Å². The fourth-order valence-corrected chi connectivity index (χ4v) is 0.633. The topological polar surface area (TPSA) is 51.8 Å². The Morgan fingerprint density at radius 3 is 2.78 bits per heavy atom. The minimum absolute atomic E-state index is 0.128. The maximum atomic E-state index is 5.50. The smallest absolute Gasteiger partial charge is 0.222 e. The summed E-state index contributed by atoms with van der Waals surface area (Å²) in [6.07, 6.45) is 2.52. The van der Waals surface area contributed by atoms with E-state index in [1.807, 2.05) is 0 Å². The Bertz CT molecular complexity index is 227. The molecule has 0 fully saturated rings. The van der Waals surface area contributed by atoms with Crippen molar-refractivity contribution < 1.29 is 0 Å². The number of aromatic nitrogens is 2. The van der Waals surface area contributed by atoms with Crippen LogP contribution in [0.1, 0.15) is 0 Å². The van der Waals surface area contributed by atoms with E-state index in [0.717, 1.165) is 0 Å². The molecule has 1 radical (unpaired) electrons. The van der Waals surface area contributed by atoms with Crippen molar-refractivity contribution in [2.75, 3.05) is 5.73 Å². The van der Waals surface area contributed by atoms with Gasteiger partial charge in [0.25, 0.3) is 0 Å². The van der Waals surface area contributed by atoms with Crippen LogP contribution in [-0.2, 0) is 0 Å². The molecule has 0 amide bonds. The summed E-state index contributed by atoms with van der Waals surface area (Å²) in [4.78, 5) is 7.18. The largest absolute Gasteiger partial charge is 0.368 e. The molecule has 1 aromatic heterocycles. The Labute approximate surface area is 65.4 Å². The maximum absolute atomic E-state index is 5.50. The van der Waals surface area contributed by atoms with E-state index in [9.17, 15) is 0 Å². The minimum Gasteiger partial charge on any atom is -0.368 e. The summed E-state index contributed by atoms with van der Waals surface area (Å²) in [6, 6.07) is 0. The van der Waals surface area contributed by atoms with Crippen molar-refractivity contribution in [3.8, 4) is 0 Å². The van der Waals surface area contributed by atoms with E-state index in [0.29, 0.717) is 4.47 Å². The second-order valence-electron chi connectivity index (χ2n) is 1.30. The van der Waals surface area contributed by atoms with E-state index >= 15 is 0 Å². The summed E-state index contributed by atoms with van der Waals surface area (Å²) in [5.41, 5.74) is 5.17. The van der Waals surface area contributed by atoms with Crippen LogP contribution in [0.25, 0.3) is 0 Å². The molecule has 9 heavy (non-hydrogen) atoms. The lowest BCUT2D eigenvalue weighted by Gasteiger charge is -1.91. The number of rotatable bonds is 0. The van der Waals surface area contributed by atoms with Crippen LogP contribution in [0, 0.1) is 6.20 Å². The molecule has 0 aliphatic carbocycles. The van der Waals surface area contributed by atoms with Crippen molar-refractivity contribution in [1.82, 2.24) is 9.97 Å². The predicted octanol–water partition coefficient (Wildman–Crippen LogP) is 1.27. The van der Waals surface area contributed by atoms with Crippen molar-refractivity contribution in [1.29, 1.82) is 0 Å². The molecule has 0 aliphatic rings. The van der Waals surface area contributed by atoms with E-state index in [2.05, 4.69) is 32.1 Å². The summed E-state index contributed by atoms with van der Waals surface area (Å²) in [6.45, 7) is 0. The first-order chi connectivity index (χ1) is 4.20. The van der Waals surface area contributed by atoms with Crippen LogP contribution in [0.4, 0.5) is 5.95 Å². The van der Waals surface area contributed by atoms with Gasteiger partial charge in [0.15, 0.2) is 0 Å². The number of nitrogen functional groups attached to an aromatic ring is 1. The van der Waals surface area contributed by atoms with Crippen molar-refractivity contribution in [3.63, 3.8) is 0 Å². The fraction of sp³-hybridized carbons (Fsp3) is 0. The molecule has 2 N–H and O–H groups in total. The van der Waals surface area contributed by atoms with Gasteiger partial charge in [0.2, 0.25) is 5.95 Å². The van der Waals surface area contributed by atoms with E-state index in [1.54, 1.807) is 0 Å². The van der Waals surface area contributed by atoms with Gasteiger partial charge in [-0.15, -0.1) is 0 Å². The van der Waals surface area contributed by atoms with Crippen LogP contribution < -0.4 is 5.73 Å². The molecule has 0 spiro atoms. The molecular weight excluding hydrogens is 205 g/mol. The van der Waals surface area contributed by atoms with Gasteiger partial charge in [-0.25, -0.2) is 9.97 Å². The third-order valence-corrected chi connectivity index (χ3v) is 1.72. The molecule has 0 saturated heterocycles. The van der Waals surface area contributed by atoms with Gasteiger partial charge in [0.1, 0.15) is 11.3 Å². The van der Waals surface area contributed by atoms with Crippen LogP contribution in [0.15, 0.2) is 4.47 Å². The van der Waals surface area contributed by atoms with Crippen molar-refractivity contribution >= 4 is 33.5 Å². The molecule has 1 heterocycles. The Balaban J connectivity index is 3.17. The Hall–Kier alpha value is -0.350. The van der Waals surface area contributed by atoms with Crippen molar-refractivity contribution in [2.24, 2.45) is 0 Å². The third kappa shape index (κ3) is 1.53. The van der Waals surface area contributed by atoms with Gasteiger partial charge >= 0.3 is 0 Å². The SMILES string of the molecule is Nc1n[c]c(Br)c(Cl)n1. The Morgan fingerprint density at radius 1 is 1.67 bits per heavy atom. The maximum Gasteiger partial charge on any atom is 0.222 e. The summed E-state index contributed by atoms with van der Waals surface area (Å²) < 4.78 is 0.526. The van der Waals surface area contributed by atoms with Gasteiger partial charge in [-0.3, -0.25) is 0 Å². The Morgan fingerprint density at radius 2 is 2.33 bits per heavy atom. The zero-order chi connectivity index (χ0) is 6.85. The zero-order valence-corrected chi connectivity index (χ0v) is 6.57. The molecule has 0 saturated carbocycles. The molecule has 1 rings (SSSR count). The van der Waals surface area contributed by atoms with Crippen LogP contribution in [-0.4, -0.2) is 9.97 Å². The molecule has 1 aromatic rings. The number of hydrogen-bond acceptors (Lipinski definition) is 3. The summed E-state index contributed by atoms with van der Waals surface area (Å²) in [7, 11) is 0. The number of anilines is 1. The average molecular weight is 207 g/mol. The molecular formula is C4H2BrClN3. The van der Waals surface area contributed by atoms with Gasteiger partial charge in [0, 0.05) is 0 Å². The lowest BCUT2D eigenvalue weighted by Crippen LogP contribution is -1.93. The third-order valence-electron chi connectivity index (χ3n) is 0.662. The molecule has 0 bridgehead atoms. The Kier molecular flexibility index (Phi) is 1.87. The van der Waals surface area contributed by atoms with E-state index in [4.69, 9.17) is 17.3 Å². The molecule has 3 nitrogen and oxygen atoms in total. The van der Waals surface area contributed by atoms with Gasteiger partial charge in [0.05, 0.1) is 4.47 Å². The summed E-state index contributed by atoms with van der Waals surface area (Å²) in [5, 5.41) is 0.280. The first-order valence-corrected chi connectivity index (χ1v) is 3.23. The average Bonchev–Trinajstić information content (AvgIpc) is 1.80. The van der Waals surface area contributed by atoms with Crippen LogP contribution in [0.2, 0.25) is 5.15 Å². The highest BCUT2D eigenvalue weighted by Crippen LogP contribution is 2.17. The fourth-order valence-electron chi connectivity index (χ4n) is 0.327. The quantitative estimate of drug-likeness (QED) is 0.652. The minimum atomic E-state index is 0.128. The first kappa shape index (κ1) is 6.77. The van der Waals surface area contributed by atoms with E-state index in [-0.39, 0.29) is 11.1 Å². The monoisotopic (exact) mass is 206 g/mol. The highest BCUT2D eigenvalue weighted by atomic mass is 79.9. The van der Waals surface area contributed by atoms with Crippen molar-refractivity contribution in [2.45, 2.75) is 0 Å². The highest BCUT2D eigenvalue weighted by molar-refractivity contribution is 9.10. The first-order valence-electron chi connectivity index (χ1n) is 2.06. The molecule has 5 heteroatoms. The van der Waals surface area contributed by atoms with E-state index in [1.165, 1.54) is 0 Å². The van der Waals surface area contributed by atoms with Crippen molar-refractivity contribution in [3.05, 3.63) is 15.8 Å². The number of nitrogens with two attached hydrogens (primary N) is 1. The summed E-state index contributed by atoms with van der Waals surface area (Å²) >= 11 is 8.57. The van der Waals surface area contributed by atoms with Crippen LogP contribution in [0.5, 0.6) is 0 Å². The van der Waals surface area contributed by atoms with Gasteiger partial charge in [-0.2, -0.15) is 0 Å².